The maximum Gasteiger partial charge on any atom is 0.243 e. The number of ether oxygens (including phenoxy) is 1. The van der Waals surface area contributed by atoms with Crippen LogP contribution in [0.2, 0.25) is 0 Å². The smallest absolute Gasteiger partial charge is 0.243 e. The molecule has 1 aliphatic heterocycles. The third-order valence-corrected chi connectivity index (χ3v) is 7.08. The standard InChI is InChI=1S/C23H30N4O3S/c1-17(2)16-25-22-8-7-21(31(28,29)27-9-11-30-12-10-27)14-23(22)26-18(3)20-6-4-5-19(13-20)15-24/h4-8,13-14,17-18,25-26H,9-12,16H2,1-3H3. The molecule has 1 atom stereocenters. The SMILES string of the molecule is CC(C)CNc1ccc(S(=O)(=O)N2CCOCC2)cc1NC(C)c1cccc(C#N)c1. The number of anilines is 2. The molecule has 31 heavy (non-hydrogen) atoms. The van der Waals surface area contributed by atoms with Crippen molar-refractivity contribution in [2.75, 3.05) is 43.5 Å². The molecule has 0 bridgehead atoms. The second-order valence-corrected chi connectivity index (χ2v) is 10.0. The van der Waals surface area contributed by atoms with Crippen LogP contribution in [0.25, 0.3) is 0 Å². The predicted molar refractivity (Wildman–Crippen MR) is 123 cm³/mol. The van der Waals surface area contributed by atoms with Crippen LogP contribution in [0.4, 0.5) is 11.4 Å². The summed E-state index contributed by atoms with van der Waals surface area (Å²) in [7, 11) is -3.60. The average Bonchev–Trinajstić information content (AvgIpc) is 2.78. The molecular formula is C23H30N4O3S. The molecule has 0 amide bonds. The minimum absolute atomic E-state index is 0.116. The highest BCUT2D eigenvalue weighted by Gasteiger charge is 2.27. The van der Waals surface area contributed by atoms with Crippen LogP contribution in [0.3, 0.4) is 0 Å². The summed E-state index contributed by atoms with van der Waals surface area (Å²) in [5.41, 5.74) is 3.10. The maximum atomic E-state index is 13.1. The number of nitrogens with zero attached hydrogens (tertiary/aromatic N) is 2. The molecule has 1 aliphatic rings. The topological polar surface area (TPSA) is 94.5 Å². The molecule has 1 fully saturated rings. The Morgan fingerprint density at radius 1 is 1.10 bits per heavy atom. The second-order valence-electron chi connectivity index (χ2n) is 8.10. The fourth-order valence-corrected chi connectivity index (χ4v) is 4.84. The zero-order chi connectivity index (χ0) is 22.4. The summed E-state index contributed by atoms with van der Waals surface area (Å²) >= 11 is 0. The van der Waals surface area contributed by atoms with Crippen molar-refractivity contribution in [2.24, 2.45) is 5.92 Å². The van der Waals surface area contributed by atoms with Gasteiger partial charge in [-0.1, -0.05) is 26.0 Å². The first-order valence-electron chi connectivity index (χ1n) is 10.5. The van der Waals surface area contributed by atoms with Gasteiger partial charge in [0.15, 0.2) is 0 Å². The van der Waals surface area contributed by atoms with Gasteiger partial charge in [-0.3, -0.25) is 0 Å². The van der Waals surface area contributed by atoms with E-state index in [9.17, 15) is 13.7 Å². The second kappa shape index (κ2) is 10.1. The molecule has 7 nitrogen and oxygen atoms in total. The van der Waals surface area contributed by atoms with E-state index in [-0.39, 0.29) is 10.9 Å². The van der Waals surface area contributed by atoms with Crippen molar-refractivity contribution < 1.29 is 13.2 Å². The Balaban J connectivity index is 1.92. The average molecular weight is 443 g/mol. The fraction of sp³-hybridized carbons (Fsp3) is 0.435. The van der Waals surface area contributed by atoms with Gasteiger partial charge in [0.2, 0.25) is 10.0 Å². The predicted octanol–water partition coefficient (Wildman–Crippen LogP) is 3.82. The van der Waals surface area contributed by atoms with Crippen molar-refractivity contribution >= 4 is 21.4 Å². The van der Waals surface area contributed by atoms with E-state index in [2.05, 4.69) is 30.6 Å². The summed E-state index contributed by atoms with van der Waals surface area (Å²) in [5, 5.41) is 16.0. The first kappa shape index (κ1) is 23.1. The zero-order valence-corrected chi connectivity index (χ0v) is 19.1. The number of hydrogen-bond acceptors (Lipinski definition) is 6. The number of rotatable bonds is 8. The molecule has 2 aromatic rings. The molecular weight excluding hydrogens is 412 g/mol. The number of sulfonamides is 1. The highest BCUT2D eigenvalue weighted by atomic mass is 32.2. The first-order valence-corrected chi connectivity index (χ1v) is 12.0. The summed E-state index contributed by atoms with van der Waals surface area (Å²) in [6, 6.07) is 14.6. The van der Waals surface area contributed by atoms with Crippen LogP contribution in [0, 0.1) is 17.2 Å². The van der Waals surface area contributed by atoms with E-state index in [1.165, 1.54) is 4.31 Å². The molecule has 166 valence electrons. The summed E-state index contributed by atoms with van der Waals surface area (Å²) < 4.78 is 33.1. The zero-order valence-electron chi connectivity index (χ0n) is 18.3. The summed E-state index contributed by atoms with van der Waals surface area (Å²) in [4.78, 5) is 0.255. The highest BCUT2D eigenvalue weighted by molar-refractivity contribution is 7.89. The van der Waals surface area contributed by atoms with Gasteiger partial charge in [0.1, 0.15) is 0 Å². The Kier molecular flexibility index (Phi) is 7.55. The fourth-order valence-electron chi connectivity index (χ4n) is 3.40. The largest absolute Gasteiger partial charge is 0.383 e. The number of nitriles is 1. The van der Waals surface area contributed by atoms with Crippen LogP contribution >= 0.6 is 0 Å². The van der Waals surface area contributed by atoms with Gasteiger partial charge < -0.3 is 15.4 Å². The van der Waals surface area contributed by atoms with Gasteiger partial charge in [-0.15, -0.1) is 0 Å². The molecule has 0 radical (unpaired) electrons. The Labute approximate surface area is 185 Å². The number of nitrogens with one attached hydrogen (secondary N) is 2. The lowest BCUT2D eigenvalue weighted by Crippen LogP contribution is -2.40. The lowest BCUT2D eigenvalue weighted by atomic mass is 10.1. The Hall–Kier alpha value is -2.60. The molecule has 8 heteroatoms. The molecule has 0 aliphatic carbocycles. The van der Waals surface area contributed by atoms with Gasteiger partial charge in [0.05, 0.1) is 41.1 Å². The van der Waals surface area contributed by atoms with Crippen LogP contribution in [0.15, 0.2) is 47.4 Å². The van der Waals surface area contributed by atoms with Crippen molar-refractivity contribution in [1.82, 2.24) is 4.31 Å². The van der Waals surface area contributed by atoms with Crippen LogP contribution in [0.5, 0.6) is 0 Å². The van der Waals surface area contributed by atoms with Crippen molar-refractivity contribution in [1.29, 1.82) is 5.26 Å². The molecule has 2 N–H and O–H groups in total. The van der Waals surface area contributed by atoms with Gasteiger partial charge in [-0.25, -0.2) is 8.42 Å². The third-order valence-electron chi connectivity index (χ3n) is 5.19. The van der Waals surface area contributed by atoms with E-state index in [1.807, 2.05) is 31.2 Å². The quantitative estimate of drug-likeness (QED) is 0.645. The Morgan fingerprint density at radius 3 is 2.52 bits per heavy atom. The van der Waals surface area contributed by atoms with Crippen molar-refractivity contribution in [2.45, 2.75) is 31.7 Å². The highest BCUT2D eigenvalue weighted by Crippen LogP contribution is 2.31. The normalized spacial score (nSPS) is 16.0. The molecule has 0 spiro atoms. The molecule has 3 rings (SSSR count). The number of benzene rings is 2. The maximum absolute atomic E-state index is 13.1. The van der Waals surface area contributed by atoms with E-state index >= 15 is 0 Å². The van der Waals surface area contributed by atoms with Gasteiger partial charge >= 0.3 is 0 Å². The molecule has 1 heterocycles. The monoisotopic (exact) mass is 442 g/mol. The van der Waals surface area contributed by atoms with E-state index in [0.29, 0.717) is 43.5 Å². The van der Waals surface area contributed by atoms with E-state index in [1.54, 1.807) is 18.2 Å². The lowest BCUT2D eigenvalue weighted by molar-refractivity contribution is 0.0730. The molecule has 0 saturated carbocycles. The number of morpholine rings is 1. The molecule has 1 saturated heterocycles. The van der Waals surface area contributed by atoms with E-state index in [4.69, 9.17) is 4.74 Å². The van der Waals surface area contributed by atoms with Gasteiger partial charge in [-0.2, -0.15) is 9.57 Å². The van der Waals surface area contributed by atoms with Crippen LogP contribution < -0.4 is 10.6 Å². The van der Waals surface area contributed by atoms with E-state index < -0.39 is 10.0 Å². The van der Waals surface area contributed by atoms with Crippen molar-refractivity contribution in [3.63, 3.8) is 0 Å². The lowest BCUT2D eigenvalue weighted by Gasteiger charge is -2.27. The third kappa shape index (κ3) is 5.76. The minimum Gasteiger partial charge on any atom is -0.383 e. The van der Waals surface area contributed by atoms with Crippen LogP contribution in [-0.4, -0.2) is 45.6 Å². The first-order chi connectivity index (χ1) is 14.8. The van der Waals surface area contributed by atoms with Gasteiger partial charge in [0, 0.05) is 25.7 Å². The minimum atomic E-state index is -3.60. The Bertz CT molecular complexity index is 1040. The van der Waals surface area contributed by atoms with Gasteiger partial charge in [-0.05, 0) is 48.7 Å². The molecule has 1 unspecified atom stereocenters. The summed E-state index contributed by atoms with van der Waals surface area (Å²) in [5.74, 6) is 0.439. The van der Waals surface area contributed by atoms with Crippen molar-refractivity contribution in [3.8, 4) is 6.07 Å². The van der Waals surface area contributed by atoms with Gasteiger partial charge in [0.25, 0.3) is 0 Å². The molecule has 2 aromatic carbocycles. The van der Waals surface area contributed by atoms with Crippen molar-refractivity contribution in [3.05, 3.63) is 53.6 Å². The van der Waals surface area contributed by atoms with Crippen LogP contribution in [0.1, 0.15) is 37.9 Å². The summed E-state index contributed by atoms with van der Waals surface area (Å²) in [6.07, 6.45) is 0. The molecule has 0 aromatic heterocycles. The van der Waals surface area contributed by atoms with E-state index in [0.717, 1.165) is 17.8 Å². The van der Waals surface area contributed by atoms with Crippen LogP contribution in [-0.2, 0) is 14.8 Å². The summed E-state index contributed by atoms with van der Waals surface area (Å²) in [6.45, 7) is 8.52. The Morgan fingerprint density at radius 2 is 1.84 bits per heavy atom. The number of hydrogen-bond donors (Lipinski definition) is 2.